The summed E-state index contributed by atoms with van der Waals surface area (Å²) in [5.41, 5.74) is 3.17. The summed E-state index contributed by atoms with van der Waals surface area (Å²) in [4.78, 5) is 0. The van der Waals surface area contributed by atoms with Crippen LogP contribution in [0.2, 0.25) is 10.0 Å². The van der Waals surface area contributed by atoms with E-state index in [0.29, 0.717) is 22.2 Å². The van der Waals surface area contributed by atoms with E-state index in [0.717, 1.165) is 16.8 Å². The summed E-state index contributed by atoms with van der Waals surface area (Å²) in [6, 6.07) is 8.75. The highest BCUT2D eigenvalue weighted by Gasteiger charge is 2.05. The van der Waals surface area contributed by atoms with Crippen molar-refractivity contribution in [2.45, 2.75) is 20.4 Å². The summed E-state index contributed by atoms with van der Waals surface area (Å²) >= 11 is 12.2. The van der Waals surface area contributed by atoms with Gasteiger partial charge in [-0.15, -0.1) is 0 Å². The predicted octanol–water partition coefficient (Wildman–Crippen LogP) is 5.36. The summed E-state index contributed by atoms with van der Waals surface area (Å²) < 4.78 is 13.4. The molecule has 0 saturated heterocycles. The standard InChI is InChI=1S/C15H14Cl2FN/c1-9-3-4-11(6-14(9)18)8-19-15-7-12(16)10(2)5-13(15)17/h3-7,19H,8H2,1-2H3. The number of anilines is 1. The number of hydrogen-bond acceptors (Lipinski definition) is 1. The Bertz CT molecular complexity index is 611. The van der Waals surface area contributed by atoms with Crippen molar-refractivity contribution in [2.75, 3.05) is 5.32 Å². The molecule has 0 fully saturated rings. The lowest BCUT2D eigenvalue weighted by Crippen LogP contribution is -2.01. The van der Waals surface area contributed by atoms with Gasteiger partial charge < -0.3 is 5.32 Å². The Hall–Kier alpha value is -1.25. The fraction of sp³-hybridized carbons (Fsp3) is 0.200. The maximum atomic E-state index is 13.4. The molecule has 0 atom stereocenters. The van der Waals surface area contributed by atoms with Crippen molar-refractivity contribution in [1.82, 2.24) is 0 Å². The lowest BCUT2D eigenvalue weighted by molar-refractivity contribution is 0.616. The van der Waals surface area contributed by atoms with Crippen molar-refractivity contribution in [3.63, 3.8) is 0 Å². The van der Waals surface area contributed by atoms with Crippen LogP contribution in [0.5, 0.6) is 0 Å². The molecule has 0 aliphatic carbocycles. The molecule has 0 aliphatic heterocycles. The fourth-order valence-electron chi connectivity index (χ4n) is 1.73. The zero-order chi connectivity index (χ0) is 14.0. The van der Waals surface area contributed by atoms with Gasteiger partial charge in [0.15, 0.2) is 0 Å². The van der Waals surface area contributed by atoms with Gasteiger partial charge in [-0.05, 0) is 48.7 Å². The molecule has 0 bridgehead atoms. The summed E-state index contributed by atoms with van der Waals surface area (Å²) in [6.45, 7) is 4.13. The normalized spacial score (nSPS) is 10.6. The first-order valence-corrected chi connectivity index (χ1v) is 6.67. The van der Waals surface area contributed by atoms with E-state index in [1.165, 1.54) is 6.07 Å². The van der Waals surface area contributed by atoms with Crippen LogP contribution in [0.3, 0.4) is 0 Å². The molecule has 0 saturated carbocycles. The molecule has 0 aromatic heterocycles. The first kappa shape index (κ1) is 14.2. The van der Waals surface area contributed by atoms with Crippen LogP contribution < -0.4 is 5.32 Å². The SMILES string of the molecule is Cc1ccc(CNc2cc(Cl)c(C)cc2Cl)cc1F. The van der Waals surface area contributed by atoms with E-state index in [-0.39, 0.29) is 5.82 Å². The highest BCUT2D eigenvalue weighted by atomic mass is 35.5. The molecule has 0 amide bonds. The third-order valence-corrected chi connectivity index (χ3v) is 3.69. The molecule has 1 N–H and O–H groups in total. The van der Waals surface area contributed by atoms with Crippen LogP contribution in [0.4, 0.5) is 10.1 Å². The van der Waals surface area contributed by atoms with Gasteiger partial charge in [-0.3, -0.25) is 0 Å². The second-order valence-corrected chi connectivity index (χ2v) is 5.33. The first-order chi connectivity index (χ1) is 8.97. The average Bonchev–Trinajstić information content (AvgIpc) is 2.36. The highest BCUT2D eigenvalue weighted by molar-refractivity contribution is 6.35. The van der Waals surface area contributed by atoms with Crippen LogP contribution in [0.25, 0.3) is 0 Å². The average molecular weight is 298 g/mol. The van der Waals surface area contributed by atoms with Crippen LogP contribution in [0, 0.1) is 19.7 Å². The molecular weight excluding hydrogens is 284 g/mol. The molecule has 100 valence electrons. The van der Waals surface area contributed by atoms with Crippen molar-refractivity contribution in [1.29, 1.82) is 0 Å². The summed E-state index contributed by atoms with van der Waals surface area (Å²) in [5.74, 6) is -0.202. The Kier molecular flexibility index (Phi) is 4.33. The topological polar surface area (TPSA) is 12.0 Å². The molecule has 0 aliphatic rings. The zero-order valence-corrected chi connectivity index (χ0v) is 12.2. The van der Waals surface area contributed by atoms with Gasteiger partial charge in [0, 0.05) is 11.6 Å². The van der Waals surface area contributed by atoms with Gasteiger partial charge in [0.25, 0.3) is 0 Å². The Morgan fingerprint density at radius 2 is 1.74 bits per heavy atom. The van der Waals surface area contributed by atoms with E-state index in [2.05, 4.69) is 5.32 Å². The van der Waals surface area contributed by atoms with Crippen LogP contribution >= 0.6 is 23.2 Å². The van der Waals surface area contributed by atoms with Crippen molar-refractivity contribution in [3.05, 3.63) is 62.9 Å². The van der Waals surface area contributed by atoms with Gasteiger partial charge in [0.1, 0.15) is 5.82 Å². The molecule has 0 heterocycles. The molecule has 2 rings (SSSR count). The number of benzene rings is 2. The maximum Gasteiger partial charge on any atom is 0.126 e. The Balaban J connectivity index is 2.14. The summed E-state index contributed by atoms with van der Waals surface area (Å²) in [7, 11) is 0. The molecule has 4 heteroatoms. The van der Waals surface area contributed by atoms with E-state index in [9.17, 15) is 4.39 Å². The molecule has 2 aromatic rings. The summed E-state index contributed by atoms with van der Waals surface area (Å²) in [5, 5.41) is 4.42. The highest BCUT2D eigenvalue weighted by Crippen LogP contribution is 2.29. The molecule has 0 radical (unpaired) electrons. The number of aryl methyl sites for hydroxylation is 2. The second kappa shape index (κ2) is 5.81. The minimum absolute atomic E-state index is 0.202. The smallest absolute Gasteiger partial charge is 0.126 e. The predicted molar refractivity (Wildman–Crippen MR) is 79.7 cm³/mol. The van der Waals surface area contributed by atoms with Gasteiger partial charge >= 0.3 is 0 Å². The van der Waals surface area contributed by atoms with Gasteiger partial charge in [-0.1, -0.05) is 35.3 Å². The second-order valence-electron chi connectivity index (χ2n) is 4.52. The van der Waals surface area contributed by atoms with Gasteiger partial charge in [-0.2, -0.15) is 0 Å². The number of nitrogens with one attached hydrogen (secondary N) is 1. The van der Waals surface area contributed by atoms with Crippen LogP contribution in [-0.4, -0.2) is 0 Å². The maximum absolute atomic E-state index is 13.4. The van der Waals surface area contributed by atoms with Crippen molar-refractivity contribution < 1.29 is 4.39 Å². The monoisotopic (exact) mass is 297 g/mol. The molecule has 1 nitrogen and oxygen atoms in total. The van der Waals surface area contributed by atoms with Crippen molar-refractivity contribution in [2.24, 2.45) is 0 Å². The van der Waals surface area contributed by atoms with Crippen molar-refractivity contribution >= 4 is 28.9 Å². The van der Waals surface area contributed by atoms with Crippen LogP contribution in [0.15, 0.2) is 30.3 Å². The van der Waals surface area contributed by atoms with Crippen LogP contribution in [-0.2, 0) is 6.54 Å². The number of halogens is 3. The first-order valence-electron chi connectivity index (χ1n) is 5.92. The minimum Gasteiger partial charge on any atom is -0.380 e. The quantitative estimate of drug-likeness (QED) is 0.804. The van der Waals surface area contributed by atoms with E-state index in [1.54, 1.807) is 19.1 Å². The lowest BCUT2D eigenvalue weighted by atomic mass is 10.1. The fourth-order valence-corrected chi connectivity index (χ4v) is 2.17. The largest absolute Gasteiger partial charge is 0.380 e. The Morgan fingerprint density at radius 3 is 2.42 bits per heavy atom. The van der Waals surface area contributed by atoms with E-state index in [1.807, 2.05) is 19.1 Å². The van der Waals surface area contributed by atoms with Crippen molar-refractivity contribution in [3.8, 4) is 0 Å². The zero-order valence-electron chi connectivity index (χ0n) is 10.7. The third-order valence-electron chi connectivity index (χ3n) is 2.97. The number of hydrogen-bond donors (Lipinski definition) is 1. The molecule has 0 unspecified atom stereocenters. The molecule has 0 spiro atoms. The molecule has 2 aromatic carbocycles. The number of rotatable bonds is 3. The Morgan fingerprint density at radius 1 is 1.00 bits per heavy atom. The van der Waals surface area contributed by atoms with Gasteiger partial charge in [0.05, 0.1) is 10.7 Å². The van der Waals surface area contributed by atoms with E-state index in [4.69, 9.17) is 23.2 Å². The molecule has 19 heavy (non-hydrogen) atoms. The minimum atomic E-state index is -0.202. The van der Waals surface area contributed by atoms with Gasteiger partial charge in [-0.25, -0.2) is 4.39 Å². The van der Waals surface area contributed by atoms with Gasteiger partial charge in [0.2, 0.25) is 0 Å². The van der Waals surface area contributed by atoms with E-state index < -0.39 is 0 Å². The molecular formula is C15H14Cl2FN. The Labute approximate surface area is 122 Å². The third kappa shape index (κ3) is 3.40. The summed E-state index contributed by atoms with van der Waals surface area (Å²) in [6.07, 6.45) is 0. The lowest BCUT2D eigenvalue weighted by Gasteiger charge is -2.11. The van der Waals surface area contributed by atoms with Crippen LogP contribution in [0.1, 0.15) is 16.7 Å². The van der Waals surface area contributed by atoms with E-state index >= 15 is 0 Å².